The predicted octanol–water partition coefficient (Wildman–Crippen LogP) is 1.87. The van der Waals surface area contributed by atoms with E-state index in [0.717, 1.165) is 18.8 Å². The van der Waals surface area contributed by atoms with Gasteiger partial charge in [0.1, 0.15) is 5.54 Å². The molecular weight excluding hydrogens is 272 g/mol. The summed E-state index contributed by atoms with van der Waals surface area (Å²) in [6.07, 6.45) is 0.727. The highest BCUT2D eigenvalue weighted by atomic mass is 32.2. The van der Waals surface area contributed by atoms with Gasteiger partial charge < -0.3 is 15.4 Å². The van der Waals surface area contributed by atoms with Crippen molar-refractivity contribution in [3.05, 3.63) is 0 Å². The smallest absolute Gasteiger partial charge is 0.243 e. The van der Waals surface area contributed by atoms with Crippen molar-refractivity contribution in [2.75, 3.05) is 25.4 Å². The Morgan fingerprint density at radius 2 is 2.05 bits per heavy atom. The molecule has 2 N–H and O–H groups in total. The molecule has 1 aliphatic heterocycles. The minimum Gasteiger partial charge on any atom is -0.378 e. The molecule has 20 heavy (non-hydrogen) atoms. The molecule has 2 atom stereocenters. The van der Waals surface area contributed by atoms with E-state index in [1.54, 1.807) is 0 Å². The predicted molar refractivity (Wildman–Crippen MR) is 83.8 cm³/mol. The van der Waals surface area contributed by atoms with Crippen molar-refractivity contribution < 1.29 is 9.53 Å². The first-order valence-corrected chi connectivity index (χ1v) is 8.46. The highest BCUT2D eigenvalue weighted by Gasteiger charge is 2.64. The number of nitrogens with two attached hydrogens (primary N) is 1. The standard InChI is InChI=1S/C15H28N2O2S/c1-6-19-11-9-15(16,14(11,4)5)12(18)17-7-8-20-13(2,3)10-17/h11H,6-10,16H2,1-5H3. The number of hydrogen-bond acceptors (Lipinski definition) is 4. The molecule has 1 aliphatic carbocycles. The molecule has 2 unspecified atom stereocenters. The van der Waals surface area contributed by atoms with Gasteiger partial charge in [-0.05, 0) is 20.8 Å². The molecule has 0 aromatic carbocycles. The fraction of sp³-hybridized carbons (Fsp3) is 0.933. The molecule has 5 heteroatoms. The third kappa shape index (κ3) is 2.48. The summed E-state index contributed by atoms with van der Waals surface area (Å²) < 4.78 is 5.83. The highest BCUT2D eigenvalue weighted by Crippen LogP contribution is 2.51. The molecule has 1 saturated carbocycles. The van der Waals surface area contributed by atoms with E-state index < -0.39 is 5.54 Å². The Balaban J connectivity index is 2.09. The van der Waals surface area contributed by atoms with E-state index in [2.05, 4.69) is 27.7 Å². The Morgan fingerprint density at radius 3 is 2.55 bits per heavy atom. The average molecular weight is 300 g/mol. The monoisotopic (exact) mass is 300 g/mol. The number of carbonyl (C=O) groups is 1. The first-order chi connectivity index (χ1) is 9.14. The van der Waals surface area contributed by atoms with Crippen LogP contribution >= 0.6 is 11.8 Å². The minimum atomic E-state index is -0.773. The Labute approximate surface area is 126 Å². The molecule has 0 radical (unpaired) electrons. The maximum atomic E-state index is 12.9. The van der Waals surface area contributed by atoms with E-state index in [1.165, 1.54) is 0 Å². The van der Waals surface area contributed by atoms with Crippen LogP contribution in [-0.4, -0.2) is 52.6 Å². The summed E-state index contributed by atoms with van der Waals surface area (Å²) in [5, 5.41) is 0. The summed E-state index contributed by atoms with van der Waals surface area (Å²) in [5.74, 6) is 1.09. The van der Waals surface area contributed by atoms with Crippen LogP contribution < -0.4 is 5.73 Å². The van der Waals surface area contributed by atoms with Crippen LogP contribution in [-0.2, 0) is 9.53 Å². The van der Waals surface area contributed by atoms with Crippen molar-refractivity contribution in [3.8, 4) is 0 Å². The average Bonchev–Trinajstić information content (AvgIpc) is 2.36. The lowest BCUT2D eigenvalue weighted by Gasteiger charge is -2.59. The first kappa shape index (κ1) is 16.1. The second-order valence-electron chi connectivity index (χ2n) is 7.18. The summed E-state index contributed by atoms with van der Waals surface area (Å²) in [7, 11) is 0. The molecule has 2 aliphatic rings. The van der Waals surface area contributed by atoms with Gasteiger partial charge in [0.2, 0.25) is 5.91 Å². The zero-order chi connectivity index (χ0) is 15.2. The second kappa shape index (κ2) is 5.18. The first-order valence-electron chi connectivity index (χ1n) is 7.48. The van der Waals surface area contributed by atoms with E-state index in [4.69, 9.17) is 10.5 Å². The Bertz CT molecular complexity index is 397. The van der Waals surface area contributed by atoms with Gasteiger partial charge in [-0.25, -0.2) is 0 Å². The number of hydrogen-bond donors (Lipinski definition) is 1. The number of nitrogens with zero attached hydrogens (tertiary/aromatic N) is 1. The van der Waals surface area contributed by atoms with Crippen LogP contribution in [0, 0.1) is 5.41 Å². The summed E-state index contributed by atoms with van der Waals surface area (Å²) in [4.78, 5) is 14.9. The molecule has 2 fully saturated rings. The number of carbonyl (C=O) groups excluding carboxylic acids is 1. The van der Waals surface area contributed by atoms with E-state index >= 15 is 0 Å². The Morgan fingerprint density at radius 1 is 1.40 bits per heavy atom. The van der Waals surface area contributed by atoms with Gasteiger partial charge in [-0.3, -0.25) is 4.79 Å². The minimum absolute atomic E-state index is 0.0913. The van der Waals surface area contributed by atoms with E-state index in [1.807, 2.05) is 23.6 Å². The van der Waals surface area contributed by atoms with Gasteiger partial charge in [-0.2, -0.15) is 11.8 Å². The number of ether oxygens (including phenoxy) is 1. The van der Waals surface area contributed by atoms with Crippen molar-refractivity contribution in [1.29, 1.82) is 0 Å². The molecule has 0 aromatic rings. The quantitative estimate of drug-likeness (QED) is 0.864. The van der Waals surface area contributed by atoms with Gasteiger partial charge in [-0.1, -0.05) is 13.8 Å². The SMILES string of the molecule is CCOC1CC(N)(C(=O)N2CCSC(C)(C)C2)C1(C)C. The van der Waals surface area contributed by atoms with E-state index in [9.17, 15) is 4.79 Å². The van der Waals surface area contributed by atoms with Crippen LogP contribution in [0.15, 0.2) is 0 Å². The summed E-state index contributed by atoms with van der Waals surface area (Å²) in [6.45, 7) is 12.7. The second-order valence-corrected chi connectivity index (χ2v) is 8.98. The third-order valence-corrected chi connectivity index (χ3v) is 6.22. The summed E-state index contributed by atoms with van der Waals surface area (Å²) >= 11 is 1.93. The van der Waals surface area contributed by atoms with Crippen molar-refractivity contribution in [1.82, 2.24) is 4.90 Å². The van der Waals surface area contributed by atoms with Crippen LogP contribution in [0.4, 0.5) is 0 Å². The van der Waals surface area contributed by atoms with Crippen LogP contribution in [0.3, 0.4) is 0 Å². The molecule has 0 spiro atoms. The lowest BCUT2D eigenvalue weighted by atomic mass is 9.54. The molecule has 1 heterocycles. The lowest BCUT2D eigenvalue weighted by molar-refractivity contribution is -0.179. The van der Waals surface area contributed by atoms with Crippen LogP contribution in [0.25, 0.3) is 0 Å². The summed E-state index contributed by atoms with van der Waals surface area (Å²) in [6, 6.07) is 0. The molecule has 0 bridgehead atoms. The molecular formula is C15H28N2O2S. The van der Waals surface area contributed by atoms with Gasteiger partial charge in [0.25, 0.3) is 0 Å². The normalized spacial score (nSPS) is 35.5. The van der Waals surface area contributed by atoms with Crippen LogP contribution in [0.1, 0.15) is 41.0 Å². The fourth-order valence-electron chi connectivity index (χ4n) is 3.27. The molecule has 1 amide bonds. The maximum absolute atomic E-state index is 12.9. The zero-order valence-electron chi connectivity index (χ0n) is 13.4. The van der Waals surface area contributed by atoms with Crippen molar-refractivity contribution in [2.45, 2.75) is 57.4 Å². The van der Waals surface area contributed by atoms with Crippen LogP contribution in [0.2, 0.25) is 0 Å². The van der Waals surface area contributed by atoms with Gasteiger partial charge in [-0.15, -0.1) is 0 Å². The van der Waals surface area contributed by atoms with Crippen LogP contribution in [0.5, 0.6) is 0 Å². The van der Waals surface area contributed by atoms with Crippen molar-refractivity contribution in [2.24, 2.45) is 11.1 Å². The molecule has 0 aromatic heterocycles. The van der Waals surface area contributed by atoms with Gasteiger partial charge in [0.05, 0.1) is 6.10 Å². The topological polar surface area (TPSA) is 55.6 Å². The van der Waals surface area contributed by atoms with E-state index in [0.29, 0.717) is 13.0 Å². The molecule has 2 rings (SSSR count). The molecule has 4 nitrogen and oxygen atoms in total. The van der Waals surface area contributed by atoms with Crippen molar-refractivity contribution >= 4 is 17.7 Å². The zero-order valence-corrected chi connectivity index (χ0v) is 14.2. The van der Waals surface area contributed by atoms with Crippen molar-refractivity contribution in [3.63, 3.8) is 0 Å². The van der Waals surface area contributed by atoms with Gasteiger partial charge in [0, 0.05) is 42.0 Å². The highest BCUT2D eigenvalue weighted by molar-refractivity contribution is 8.00. The molecule has 116 valence electrons. The molecule has 1 saturated heterocycles. The Kier molecular flexibility index (Phi) is 4.17. The number of thioether (sulfide) groups is 1. The van der Waals surface area contributed by atoms with Gasteiger partial charge >= 0.3 is 0 Å². The summed E-state index contributed by atoms with van der Waals surface area (Å²) in [5.41, 5.74) is 5.42. The largest absolute Gasteiger partial charge is 0.378 e. The van der Waals surface area contributed by atoms with E-state index in [-0.39, 0.29) is 22.2 Å². The third-order valence-electron chi connectivity index (χ3n) is 4.92. The lowest BCUT2D eigenvalue weighted by Crippen LogP contribution is -2.76. The maximum Gasteiger partial charge on any atom is 0.243 e. The number of rotatable bonds is 3. The fourth-order valence-corrected chi connectivity index (χ4v) is 4.38. The Hall–Kier alpha value is -0.260. The van der Waals surface area contributed by atoms with Gasteiger partial charge in [0.15, 0.2) is 0 Å². The number of amides is 1.